The largest absolute Gasteiger partial charge is 0.497 e. The van der Waals surface area contributed by atoms with Crippen molar-refractivity contribution >= 4 is 5.97 Å². The molecule has 266 valence electrons. The Labute approximate surface area is 297 Å². The first kappa shape index (κ1) is 35.6. The highest BCUT2D eigenvalue weighted by molar-refractivity contribution is 5.91. The summed E-state index contributed by atoms with van der Waals surface area (Å²) in [5, 5.41) is 15.4. The summed E-state index contributed by atoms with van der Waals surface area (Å²) < 4.78 is 31.0. The maximum absolute atomic E-state index is 13.6. The van der Waals surface area contributed by atoms with E-state index in [1.807, 2.05) is 78.9 Å². The molecule has 52 heavy (non-hydrogen) atoms. The zero-order chi connectivity index (χ0) is 36.7. The topological polar surface area (TPSA) is 187 Å². The number of aromatic nitrogens is 2. The van der Waals surface area contributed by atoms with E-state index in [1.54, 1.807) is 32.4 Å². The fourth-order valence-corrected chi connectivity index (χ4v) is 6.27. The normalized spacial score (nSPS) is 18.3. The van der Waals surface area contributed by atoms with Crippen LogP contribution in [-0.2, 0) is 26.4 Å². The number of azide groups is 1. The van der Waals surface area contributed by atoms with Crippen LogP contribution < -0.4 is 20.7 Å². The quantitative estimate of drug-likeness (QED) is 0.0567. The average molecular weight is 706 g/mol. The Morgan fingerprint density at radius 2 is 1.48 bits per heavy atom. The molecule has 5 aromatic rings. The lowest BCUT2D eigenvalue weighted by molar-refractivity contribution is -0.0962. The summed E-state index contributed by atoms with van der Waals surface area (Å²) in [6.07, 6.45) is -4.28. The molecule has 0 unspecified atom stereocenters. The monoisotopic (exact) mass is 705 g/mol. The minimum Gasteiger partial charge on any atom is -0.497 e. The lowest BCUT2D eigenvalue weighted by Gasteiger charge is -2.37. The third-order valence-corrected chi connectivity index (χ3v) is 8.86. The number of aromatic amines is 1. The van der Waals surface area contributed by atoms with Crippen LogP contribution in [0.3, 0.4) is 0 Å². The van der Waals surface area contributed by atoms with Crippen molar-refractivity contribution in [1.82, 2.24) is 9.55 Å². The first-order valence-corrected chi connectivity index (χ1v) is 16.2. The Bertz CT molecular complexity index is 2120. The number of carbonyl (C=O) groups excluding carboxylic acids is 1. The number of hydrogen-bond acceptors (Lipinski definition) is 10. The Morgan fingerprint density at radius 3 is 2.08 bits per heavy atom. The van der Waals surface area contributed by atoms with Gasteiger partial charge in [-0.25, -0.2) is 9.59 Å². The molecule has 6 rings (SSSR count). The van der Waals surface area contributed by atoms with E-state index in [1.165, 1.54) is 12.3 Å². The lowest BCUT2D eigenvalue weighted by atomic mass is 9.80. The number of benzene rings is 4. The average Bonchev–Trinajstić information content (AvgIpc) is 3.48. The zero-order valence-electron chi connectivity index (χ0n) is 28.2. The van der Waals surface area contributed by atoms with Gasteiger partial charge in [0.1, 0.15) is 29.3 Å². The number of aliphatic hydroxyl groups is 1. The highest BCUT2D eigenvalue weighted by Gasteiger charge is 2.49. The molecule has 0 spiro atoms. The molecule has 0 radical (unpaired) electrons. The number of nitrogens with one attached hydrogen (secondary N) is 1. The molecule has 2 N–H and O–H groups in total. The standard InChI is InChI=1S/C38H35N5O9/c1-48-28-16-12-26(13-17-28)38(25-9-4-3-5-10-25,27-14-18-29(49-2)19-15-27)50-23-31-33(45)34(35(51-31)43-21-20-32(44)41-37(43)47)52-36(46)30-11-7-6-8-24(30)22-40-42-39/h3-21,31,33-35,45H,22-23H2,1-2H3,(H,41,44,47)/t31-,33-,34-,35-/m1/s1. The van der Waals surface area contributed by atoms with Crippen molar-refractivity contribution in [2.24, 2.45) is 5.11 Å². The van der Waals surface area contributed by atoms with Crippen LogP contribution in [0.25, 0.3) is 10.4 Å². The second kappa shape index (κ2) is 15.8. The number of nitrogens with zero attached hydrogens (tertiary/aromatic N) is 4. The molecule has 2 heterocycles. The number of hydrogen-bond donors (Lipinski definition) is 2. The Morgan fingerprint density at radius 1 is 0.885 bits per heavy atom. The van der Waals surface area contributed by atoms with Crippen LogP contribution >= 0.6 is 0 Å². The molecule has 4 aromatic carbocycles. The van der Waals surface area contributed by atoms with Gasteiger partial charge in [-0.15, -0.1) is 0 Å². The van der Waals surface area contributed by atoms with Crippen molar-refractivity contribution in [2.75, 3.05) is 20.8 Å². The first-order valence-electron chi connectivity index (χ1n) is 16.2. The van der Waals surface area contributed by atoms with Crippen molar-refractivity contribution in [2.45, 2.75) is 36.7 Å². The van der Waals surface area contributed by atoms with Crippen LogP contribution in [0.15, 0.2) is 130 Å². The summed E-state index contributed by atoms with van der Waals surface area (Å²) in [6, 6.07) is 31.8. The van der Waals surface area contributed by atoms with E-state index in [0.29, 0.717) is 17.1 Å². The number of methoxy groups -OCH3 is 2. The van der Waals surface area contributed by atoms with E-state index in [2.05, 4.69) is 15.0 Å². The molecule has 1 aliphatic heterocycles. The summed E-state index contributed by atoms with van der Waals surface area (Å²) in [5.74, 6) is 0.417. The number of rotatable bonds is 13. The smallest absolute Gasteiger partial charge is 0.338 e. The van der Waals surface area contributed by atoms with Gasteiger partial charge in [-0.05, 0) is 58.1 Å². The van der Waals surface area contributed by atoms with Crippen LogP contribution in [0.1, 0.15) is 38.8 Å². The van der Waals surface area contributed by atoms with Crippen LogP contribution in [0.4, 0.5) is 0 Å². The van der Waals surface area contributed by atoms with Crippen LogP contribution in [0, 0.1) is 0 Å². The van der Waals surface area contributed by atoms with Gasteiger partial charge in [-0.1, -0.05) is 77.9 Å². The summed E-state index contributed by atoms with van der Waals surface area (Å²) in [5.41, 5.74) is 8.77. The zero-order valence-corrected chi connectivity index (χ0v) is 28.2. The van der Waals surface area contributed by atoms with Gasteiger partial charge in [0.15, 0.2) is 12.3 Å². The van der Waals surface area contributed by atoms with Crippen molar-refractivity contribution < 1.29 is 33.6 Å². The van der Waals surface area contributed by atoms with Gasteiger partial charge in [-0.3, -0.25) is 14.3 Å². The third-order valence-electron chi connectivity index (χ3n) is 8.86. The molecule has 1 fully saturated rings. The Hall–Kier alpha value is -6.18. The van der Waals surface area contributed by atoms with Crippen molar-refractivity contribution in [3.05, 3.63) is 174 Å². The van der Waals surface area contributed by atoms with Gasteiger partial charge in [0.05, 0.1) is 32.9 Å². The second-order valence-corrected chi connectivity index (χ2v) is 11.8. The minimum atomic E-state index is -1.52. The highest BCUT2D eigenvalue weighted by atomic mass is 16.6. The van der Waals surface area contributed by atoms with Crippen molar-refractivity contribution in [3.8, 4) is 11.5 Å². The minimum absolute atomic E-state index is 0.0940. The number of aliphatic hydroxyl groups excluding tert-OH is 1. The number of ether oxygens (including phenoxy) is 5. The predicted octanol–water partition coefficient (Wildman–Crippen LogP) is 4.86. The second-order valence-electron chi connectivity index (χ2n) is 11.8. The van der Waals surface area contributed by atoms with Gasteiger partial charge in [0.2, 0.25) is 0 Å². The Kier molecular flexibility index (Phi) is 10.8. The van der Waals surface area contributed by atoms with E-state index in [-0.39, 0.29) is 18.7 Å². The fraction of sp³-hybridized carbons (Fsp3) is 0.237. The molecule has 4 atom stereocenters. The maximum Gasteiger partial charge on any atom is 0.338 e. The molecule has 1 saturated heterocycles. The van der Waals surface area contributed by atoms with Crippen LogP contribution in [0.5, 0.6) is 11.5 Å². The van der Waals surface area contributed by atoms with Gasteiger partial charge < -0.3 is 28.8 Å². The van der Waals surface area contributed by atoms with E-state index >= 15 is 0 Å². The highest BCUT2D eigenvalue weighted by Crippen LogP contribution is 2.43. The van der Waals surface area contributed by atoms with Gasteiger partial charge in [-0.2, -0.15) is 0 Å². The van der Waals surface area contributed by atoms with E-state index < -0.39 is 47.4 Å². The van der Waals surface area contributed by atoms with Crippen LogP contribution in [-0.4, -0.2) is 59.8 Å². The number of carbonyl (C=O) groups is 1. The number of H-pyrrole nitrogens is 1. The summed E-state index contributed by atoms with van der Waals surface area (Å²) >= 11 is 0. The van der Waals surface area contributed by atoms with E-state index in [0.717, 1.165) is 27.3 Å². The summed E-state index contributed by atoms with van der Waals surface area (Å²) in [7, 11) is 3.15. The van der Waals surface area contributed by atoms with Gasteiger partial charge in [0.25, 0.3) is 5.56 Å². The molecule has 0 amide bonds. The molecule has 1 aliphatic rings. The molecular weight excluding hydrogens is 670 g/mol. The third kappa shape index (κ3) is 7.18. The van der Waals surface area contributed by atoms with Crippen LogP contribution in [0.2, 0.25) is 0 Å². The van der Waals surface area contributed by atoms with Gasteiger partial charge in [0, 0.05) is 17.2 Å². The molecule has 14 nitrogen and oxygen atoms in total. The summed E-state index contributed by atoms with van der Waals surface area (Å²) in [4.78, 5) is 43.5. The molecule has 1 aromatic heterocycles. The van der Waals surface area contributed by atoms with E-state index in [4.69, 9.17) is 29.2 Å². The SMILES string of the molecule is COc1ccc(C(OC[C@H]2O[C@@H](n3ccc(=O)[nH]c3=O)[C@H](OC(=O)c3ccccc3CN=[N+]=[N-])[C@@H]2O)(c2ccccc2)c2ccc(OC)cc2)cc1. The first-order chi connectivity index (χ1) is 25.3. The van der Waals surface area contributed by atoms with Gasteiger partial charge >= 0.3 is 11.7 Å². The number of esters is 1. The molecule has 14 heteroatoms. The maximum atomic E-state index is 13.6. The Balaban J connectivity index is 1.40. The summed E-state index contributed by atoms with van der Waals surface area (Å²) in [6.45, 7) is -0.382. The van der Waals surface area contributed by atoms with E-state index in [9.17, 15) is 19.5 Å². The molecule has 0 bridgehead atoms. The fourth-order valence-electron chi connectivity index (χ4n) is 6.27. The predicted molar refractivity (Wildman–Crippen MR) is 188 cm³/mol. The van der Waals surface area contributed by atoms with Crippen molar-refractivity contribution in [3.63, 3.8) is 0 Å². The molecule has 0 aliphatic carbocycles. The molecule has 0 saturated carbocycles. The van der Waals surface area contributed by atoms with Crippen molar-refractivity contribution in [1.29, 1.82) is 0 Å². The lowest BCUT2D eigenvalue weighted by Crippen LogP contribution is -2.41. The molecular formula is C38H35N5O9.